The van der Waals surface area contributed by atoms with Gasteiger partial charge in [-0.15, -0.1) is 8.20 Å². The Balaban J connectivity index is 1.42. The smallest absolute Gasteiger partial charge is 0.226 e. The maximum atomic E-state index is 6.50. The zero-order chi connectivity index (χ0) is 23.5. The molecule has 0 amide bonds. The van der Waals surface area contributed by atoms with E-state index in [4.69, 9.17) is 21.7 Å². The number of fused-ring (bicyclic) bond motifs is 1. The van der Waals surface area contributed by atoms with Crippen LogP contribution in [-0.4, -0.2) is 38.8 Å². The van der Waals surface area contributed by atoms with E-state index in [1.807, 2.05) is 6.20 Å². The number of anilines is 1. The third kappa shape index (κ3) is 5.31. The molecular weight excluding hydrogens is 461 g/mol. The van der Waals surface area contributed by atoms with Gasteiger partial charge in [-0.25, -0.2) is 4.68 Å². The SMILES string of the molecule is C=PCCC1CCC(n2ncc3c(N(CCCC)Cc4ccc(C5CC5)cc4)nc(Cl)nc32)C1. The topological polar surface area (TPSA) is 46.8 Å². The Bertz CT molecular complexity index is 1120. The van der Waals surface area contributed by atoms with Gasteiger partial charge in [0.15, 0.2) is 5.65 Å². The zero-order valence-corrected chi connectivity index (χ0v) is 21.8. The molecule has 7 heteroatoms. The molecule has 2 saturated carbocycles. The molecule has 2 unspecified atom stereocenters. The molecule has 2 atom stereocenters. The summed E-state index contributed by atoms with van der Waals surface area (Å²) < 4.78 is 2.12. The van der Waals surface area contributed by atoms with Crippen LogP contribution >= 0.6 is 19.8 Å². The molecule has 0 N–H and O–H groups in total. The molecule has 2 aliphatic carbocycles. The number of benzene rings is 1. The number of halogens is 1. The first-order valence-electron chi connectivity index (χ1n) is 12.8. The summed E-state index contributed by atoms with van der Waals surface area (Å²) in [6.45, 7) is 3.98. The Labute approximate surface area is 209 Å². The number of aromatic nitrogens is 4. The molecule has 34 heavy (non-hydrogen) atoms. The molecule has 5 rings (SSSR count). The number of rotatable bonds is 11. The lowest BCUT2D eigenvalue weighted by atomic mass is 10.1. The van der Waals surface area contributed by atoms with Crippen molar-refractivity contribution < 1.29 is 0 Å². The van der Waals surface area contributed by atoms with Gasteiger partial charge in [-0.05, 0) is 85.7 Å². The van der Waals surface area contributed by atoms with Gasteiger partial charge in [-0.1, -0.05) is 43.9 Å². The van der Waals surface area contributed by atoms with Crippen LogP contribution in [0.4, 0.5) is 5.82 Å². The average molecular weight is 496 g/mol. The molecule has 2 aliphatic rings. The molecule has 2 fully saturated rings. The molecule has 2 aromatic heterocycles. The molecule has 3 aromatic rings. The molecule has 5 nitrogen and oxygen atoms in total. The van der Waals surface area contributed by atoms with E-state index in [-0.39, 0.29) is 0 Å². The van der Waals surface area contributed by atoms with E-state index in [0.29, 0.717) is 11.3 Å². The van der Waals surface area contributed by atoms with Crippen LogP contribution in [-0.2, 0) is 6.54 Å². The Morgan fingerprint density at radius 1 is 1.15 bits per heavy atom. The molecule has 2 heterocycles. The quantitative estimate of drug-likeness (QED) is 0.207. The normalized spacial score (nSPS) is 20.4. The Morgan fingerprint density at radius 3 is 2.71 bits per heavy atom. The summed E-state index contributed by atoms with van der Waals surface area (Å²) in [5, 5.41) is 6.13. The fraction of sp³-hybridized carbons (Fsp3) is 0.556. The molecule has 0 spiro atoms. The van der Waals surface area contributed by atoms with Gasteiger partial charge in [-0.3, -0.25) is 0 Å². The van der Waals surface area contributed by atoms with E-state index in [2.05, 4.69) is 52.1 Å². The minimum atomic E-state index is 0.306. The summed E-state index contributed by atoms with van der Waals surface area (Å²) in [5.41, 5.74) is 3.66. The Kier molecular flexibility index (Phi) is 7.51. The Hall–Kier alpha value is -1.97. The minimum absolute atomic E-state index is 0.306. The van der Waals surface area contributed by atoms with Gasteiger partial charge in [0.05, 0.1) is 17.6 Å². The molecular formula is C27H35ClN5P. The summed E-state index contributed by atoms with van der Waals surface area (Å²) in [6.07, 6.45) is 16.9. The van der Waals surface area contributed by atoms with Gasteiger partial charge >= 0.3 is 0 Å². The summed E-state index contributed by atoms with van der Waals surface area (Å²) >= 11 is 6.50. The maximum absolute atomic E-state index is 6.50. The lowest BCUT2D eigenvalue weighted by Gasteiger charge is -2.24. The van der Waals surface area contributed by atoms with Crippen LogP contribution in [0.5, 0.6) is 0 Å². The molecule has 0 aliphatic heterocycles. The standard InChI is InChI=1S/C27H35ClN5P/c1-3-4-14-32(18-20-5-8-21(9-6-20)22-10-11-22)25-24-17-29-33(26(24)31-27(28)30-25)23-12-7-19(16-23)13-15-34-2/h5-6,8-9,17,19,22-23H,2-4,7,10-16,18H2,1H3. The van der Waals surface area contributed by atoms with Gasteiger partial charge in [0.2, 0.25) is 5.28 Å². The molecule has 0 radical (unpaired) electrons. The van der Waals surface area contributed by atoms with E-state index in [1.165, 1.54) is 51.2 Å². The monoisotopic (exact) mass is 495 g/mol. The van der Waals surface area contributed by atoms with Crippen LogP contribution < -0.4 is 4.90 Å². The van der Waals surface area contributed by atoms with Gasteiger partial charge < -0.3 is 4.90 Å². The summed E-state index contributed by atoms with van der Waals surface area (Å²) in [5.74, 6) is 2.45. The van der Waals surface area contributed by atoms with Crippen molar-refractivity contribution in [1.82, 2.24) is 19.7 Å². The van der Waals surface area contributed by atoms with Crippen LogP contribution in [0.25, 0.3) is 11.0 Å². The molecule has 1 aromatic carbocycles. The van der Waals surface area contributed by atoms with Crippen molar-refractivity contribution in [3.8, 4) is 0 Å². The van der Waals surface area contributed by atoms with Gasteiger partial charge in [0.25, 0.3) is 0 Å². The second-order valence-corrected chi connectivity index (χ2v) is 11.2. The second kappa shape index (κ2) is 10.7. The fourth-order valence-corrected chi connectivity index (χ4v) is 6.05. The average Bonchev–Trinajstić information content (AvgIpc) is 3.45. The zero-order valence-electron chi connectivity index (χ0n) is 20.2. The third-order valence-electron chi connectivity index (χ3n) is 7.44. The largest absolute Gasteiger partial charge is 0.352 e. The molecule has 0 bridgehead atoms. The highest BCUT2D eigenvalue weighted by Gasteiger charge is 2.29. The lowest BCUT2D eigenvalue weighted by molar-refractivity contribution is 0.445. The molecule has 0 saturated heterocycles. The minimum Gasteiger partial charge on any atom is -0.352 e. The number of hydrogen-bond acceptors (Lipinski definition) is 4. The van der Waals surface area contributed by atoms with E-state index in [9.17, 15) is 0 Å². The van der Waals surface area contributed by atoms with Crippen molar-refractivity contribution in [3.05, 3.63) is 46.9 Å². The second-order valence-electron chi connectivity index (χ2n) is 10.0. The van der Waals surface area contributed by atoms with E-state index >= 15 is 0 Å². The summed E-state index contributed by atoms with van der Waals surface area (Å²) in [6, 6.07) is 9.55. The first-order chi connectivity index (χ1) is 16.7. The highest BCUT2D eigenvalue weighted by Crippen LogP contribution is 2.40. The van der Waals surface area contributed by atoms with E-state index in [1.54, 1.807) is 0 Å². The lowest BCUT2D eigenvalue weighted by Crippen LogP contribution is -2.25. The van der Waals surface area contributed by atoms with Crippen molar-refractivity contribution in [2.75, 3.05) is 17.6 Å². The maximum Gasteiger partial charge on any atom is 0.226 e. The molecule has 180 valence electrons. The number of nitrogens with zero attached hydrogens (tertiary/aromatic N) is 5. The predicted molar refractivity (Wildman–Crippen MR) is 145 cm³/mol. The highest BCUT2D eigenvalue weighted by molar-refractivity contribution is 7.36. The number of hydrogen-bond donors (Lipinski definition) is 0. The third-order valence-corrected chi connectivity index (χ3v) is 8.19. The van der Waals surface area contributed by atoms with E-state index < -0.39 is 0 Å². The summed E-state index contributed by atoms with van der Waals surface area (Å²) in [4.78, 5) is 11.7. The predicted octanol–water partition coefficient (Wildman–Crippen LogP) is 7.27. The van der Waals surface area contributed by atoms with Crippen LogP contribution in [0.2, 0.25) is 5.28 Å². The first-order valence-corrected chi connectivity index (χ1v) is 14.5. The highest BCUT2D eigenvalue weighted by atomic mass is 35.5. The van der Waals surface area contributed by atoms with Gasteiger partial charge in [0, 0.05) is 13.1 Å². The van der Waals surface area contributed by atoms with Crippen molar-refractivity contribution in [3.63, 3.8) is 0 Å². The van der Waals surface area contributed by atoms with Crippen molar-refractivity contribution in [2.45, 2.75) is 76.8 Å². The number of unbranched alkanes of at least 4 members (excludes halogenated alkanes) is 1. The van der Waals surface area contributed by atoms with E-state index in [0.717, 1.165) is 67.5 Å². The van der Waals surface area contributed by atoms with Crippen molar-refractivity contribution in [2.24, 2.45) is 5.92 Å². The van der Waals surface area contributed by atoms with Crippen molar-refractivity contribution in [1.29, 1.82) is 0 Å². The summed E-state index contributed by atoms with van der Waals surface area (Å²) in [7, 11) is 1.25. The van der Waals surface area contributed by atoms with Crippen LogP contribution in [0.1, 0.15) is 81.4 Å². The Morgan fingerprint density at radius 2 is 1.97 bits per heavy atom. The fourth-order valence-electron chi connectivity index (χ4n) is 5.34. The van der Waals surface area contributed by atoms with Crippen molar-refractivity contribution >= 4 is 43.0 Å². The van der Waals surface area contributed by atoms with Gasteiger partial charge in [0.1, 0.15) is 5.82 Å². The first kappa shape index (κ1) is 23.8. The van der Waals surface area contributed by atoms with Crippen LogP contribution in [0.15, 0.2) is 30.5 Å². The van der Waals surface area contributed by atoms with Gasteiger partial charge in [-0.2, -0.15) is 15.1 Å². The van der Waals surface area contributed by atoms with Crippen LogP contribution in [0, 0.1) is 5.92 Å². The van der Waals surface area contributed by atoms with Crippen LogP contribution in [0.3, 0.4) is 0 Å².